The third kappa shape index (κ3) is 4.33. The molecule has 1 nitrogen and oxygen atoms in total. The summed E-state index contributed by atoms with van der Waals surface area (Å²) in [4.78, 5) is 0. The predicted octanol–water partition coefficient (Wildman–Crippen LogP) is 2.28. The van der Waals surface area contributed by atoms with Crippen molar-refractivity contribution in [2.24, 2.45) is 0 Å². The van der Waals surface area contributed by atoms with Gasteiger partial charge in [-0.2, -0.15) is 0 Å². The van der Waals surface area contributed by atoms with E-state index in [-0.39, 0.29) is 0 Å². The highest BCUT2D eigenvalue weighted by atomic mass is 16.3. The summed E-state index contributed by atoms with van der Waals surface area (Å²) in [5.41, 5.74) is -0.650. The molecule has 1 unspecified atom stereocenters. The topological polar surface area (TPSA) is 20.2 Å². The molecule has 0 aromatic carbocycles. The van der Waals surface area contributed by atoms with Crippen LogP contribution in [-0.2, 0) is 0 Å². The van der Waals surface area contributed by atoms with Crippen molar-refractivity contribution in [3.8, 4) is 0 Å². The van der Waals surface area contributed by atoms with Crippen molar-refractivity contribution in [3.05, 3.63) is 24.8 Å². The number of hydrogen-bond donors (Lipinski definition) is 1. The Morgan fingerprint density at radius 3 is 2.60 bits per heavy atom. The van der Waals surface area contributed by atoms with E-state index in [1.165, 1.54) is 0 Å². The molecule has 0 aliphatic rings. The summed E-state index contributed by atoms with van der Waals surface area (Å²) >= 11 is 0. The van der Waals surface area contributed by atoms with Gasteiger partial charge in [-0.25, -0.2) is 0 Å². The molecule has 0 heterocycles. The molecule has 10 heavy (non-hydrogen) atoms. The standard InChI is InChI=1S/C9H16O/c1-4-6-8-9(3,10)7-5-2/h4,6,8,10H,1,5,7H2,2-3H3. The highest BCUT2D eigenvalue weighted by Crippen LogP contribution is 2.12. The molecule has 1 atom stereocenters. The molecule has 0 amide bonds. The Morgan fingerprint density at radius 1 is 1.60 bits per heavy atom. The Bertz CT molecular complexity index is 123. The fourth-order valence-corrected chi connectivity index (χ4v) is 0.865. The molecule has 0 rings (SSSR count). The highest BCUT2D eigenvalue weighted by molar-refractivity contribution is 5.05. The first-order valence-electron chi connectivity index (χ1n) is 3.65. The molecule has 0 aliphatic heterocycles. The lowest BCUT2D eigenvalue weighted by atomic mass is 10.0. The van der Waals surface area contributed by atoms with E-state index in [1.54, 1.807) is 25.2 Å². The number of allylic oxidation sites excluding steroid dienone is 2. The zero-order valence-corrected chi connectivity index (χ0v) is 6.80. The van der Waals surface area contributed by atoms with E-state index in [4.69, 9.17) is 0 Å². The molecule has 0 fully saturated rings. The third-order valence-electron chi connectivity index (χ3n) is 1.35. The van der Waals surface area contributed by atoms with Crippen LogP contribution in [0.1, 0.15) is 26.7 Å². The highest BCUT2D eigenvalue weighted by Gasteiger charge is 2.12. The maximum Gasteiger partial charge on any atom is 0.0802 e. The smallest absolute Gasteiger partial charge is 0.0802 e. The Hall–Kier alpha value is -0.560. The van der Waals surface area contributed by atoms with E-state index in [1.807, 2.05) is 0 Å². The third-order valence-corrected chi connectivity index (χ3v) is 1.35. The minimum absolute atomic E-state index is 0.650. The summed E-state index contributed by atoms with van der Waals surface area (Å²) in [6, 6.07) is 0. The first-order chi connectivity index (χ1) is 4.62. The van der Waals surface area contributed by atoms with E-state index in [0.717, 1.165) is 12.8 Å². The average Bonchev–Trinajstić information content (AvgIpc) is 1.84. The van der Waals surface area contributed by atoms with Crippen molar-refractivity contribution in [2.45, 2.75) is 32.3 Å². The molecule has 0 aliphatic carbocycles. The van der Waals surface area contributed by atoms with Crippen molar-refractivity contribution in [1.29, 1.82) is 0 Å². The maximum atomic E-state index is 9.51. The van der Waals surface area contributed by atoms with Gasteiger partial charge in [0.05, 0.1) is 5.60 Å². The molecule has 0 aromatic rings. The van der Waals surface area contributed by atoms with Crippen LogP contribution in [0.5, 0.6) is 0 Å². The Labute approximate surface area is 63.1 Å². The molecule has 1 N–H and O–H groups in total. The van der Waals surface area contributed by atoms with Crippen LogP contribution < -0.4 is 0 Å². The van der Waals surface area contributed by atoms with Crippen molar-refractivity contribution < 1.29 is 5.11 Å². The second-order valence-corrected chi connectivity index (χ2v) is 2.70. The molecular weight excluding hydrogens is 124 g/mol. The van der Waals surface area contributed by atoms with Crippen LogP contribution in [0.15, 0.2) is 24.8 Å². The van der Waals surface area contributed by atoms with Gasteiger partial charge < -0.3 is 5.11 Å². The second kappa shape index (κ2) is 4.29. The van der Waals surface area contributed by atoms with Crippen LogP contribution in [0.3, 0.4) is 0 Å². The number of aliphatic hydroxyl groups is 1. The molecule has 0 aromatic heterocycles. The zero-order valence-electron chi connectivity index (χ0n) is 6.80. The monoisotopic (exact) mass is 140 g/mol. The molecule has 0 radical (unpaired) electrons. The van der Waals surface area contributed by atoms with E-state index in [0.29, 0.717) is 0 Å². The van der Waals surface area contributed by atoms with Crippen molar-refractivity contribution >= 4 is 0 Å². The minimum atomic E-state index is -0.650. The van der Waals surface area contributed by atoms with Gasteiger partial charge in [-0.15, -0.1) is 0 Å². The Balaban J connectivity index is 3.84. The van der Waals surface area contributed by atoms with E-state index >= 15 is 0 Å². The van der Waals surface area contributed by atoms with Gasteiger partial charge in [0.25, 0.3) is 0 Å². The maximum absolute atomic E-state index is 9.51. The van der Waals surface area contributed by atoms with Gasteiger partial charge in [-0.05, 0) is 13.3 Å². The van der Waals surface area contributed by atoms with Gasteiger partial charge in [0, 0.05) is 0 Å². The summed E-state index contributed by atoms with van der Waals surface area (Å²) < 4.78 is 0. The minimum Gasteiger partial charge on any atom is -0.386 e. The predicted molar refractivity (Wildman–Crippen MR) is 44.9 cm³/mol. The lowest BCUT2D eigenvalue weighted by Gasteiger charge is -2.16. The lowest BCUT2D eigenvalue weighted by Crippen LogP contribution is -2.19. The summed E-state index contributed by atoms with van der Waals surface area (Å²) in [5, 5.41) is 9.51. The molecule has 58 valence electrons. The Morgan fingerprint density at radius 2 is 2.20 bits per heavy atom. The SMILES string of the molecule is C=CC=CC(C)(O)CCC. The van der Waals surface area contributed by atoms with Crippen molar-refractivity contribution in [3.63, 3.8) is 0 Å². The zero-order chi connectivity index (χ0) is 8.04. The second-order valence-electron chi connectivity index (χ2n) is 2.70. The van der Waals surface area contributed by atoms with Crippen LogP contribution in [0, 0.1) is 0 Å². The molecule has 0 bridgehead atoms. The van der Waals surface area contributed by atoms with E-state index in [9.17, 15) is 5.11 Å². The largest absolute Gasteiger partial charge is 0.386 e. The van der Waals surface area contributed by atoms with Crippen LogP contribution in [0.25, 0.3) is 0 Å². The van der Waals surface area contributed by atoms with Crippen molar-refractivity contribution in [1.82, 2.24) is 0 Å². The fourth-order valence-electron chi connectivity index (χ4n) is 0.865. The Kier molecular flexibility index (Phi) is 4.05. The van der Waals surface area contributed by atoms with Gasteiger partial charge in [0.1, 0.15) is 0 Å². The van der Waals surface area contributed by atoms with Crippen LogP contribution in [0.2, 0.25) is 0 Å². The van der Waals surface area contributed by atoms with E-state index < -0.39 is 5.60 Å². The van der Waals surface area contributed by atoms with Gasteiger partial charge >= 0.3 is 0 Å². The summed E-state index contributed by atoms with van der Waals surface area (Å²) in [7, 11) is 0. The van der Waals surface area contributed by atoms with Crippen molar-refractivity contribution in [2.75, 3.05) is 0 Å². The van der Waals surface area contributed by atoms with Gasteiger partial charge in [-0.3, -0.25) is 0 Å². The average molecular weight is 140 g/mol. The quantitative estimate of drug-likeness (QED) is 0.594. The first kappa shape index (κ1) is 9.44. The van der Waals surface area contributed by atoms with Gasteiger partial charge in [0.15, 0.2) is 0 Å². The van der Waals surface area contributed by atoms with Gasteiger partial charge in [0.2, 0.25) is 0 Å². The first-order valence-corrected chi connectivity index (χ1v) is 3.65. The lowest BCUT2D eigenvalue weighted by molar-refractivity contribution is 0.101. The normalized spacial score (nSPS) is 17.1. The number of rotatable bonds is 4. The van der Waals surface area contributed by atoms with Gasteiger partial charge in [-0.1, -0.05) is 38.2 Å². The van der Waals surface area contributed by atoms with Crippen LogP contribution >= 0.6 is 0 Å². The van der Waals surface area contributed by atoms with Crippen LogP contribution in [0.4, 0.5) is 0 Å². The summed E-state index contributed by atoms with van der Waals surface area (Å²) in [5.74, 6) is 0. The summed E-state index contributed by atoms with van der Waals surface area (Å²) in [6.07, 6.45) is 7.01. The molecule has 0 spiro atoms. The molecule has 0 saturated heterocycles. The summed E-state index contributed by atoms with van der Waals surface area (Å²) in [6.45, 7) is 7.38. The molecule has 1 heteroatoms. The molecule has 0 saturated carbocycles. The van der Waals surface area contributed by atoms with Crippen LogP contribution in [-0.4, -0.2) is 10.7 Å². The fraction of sp³-hybridized carbons (Fsp3) is 0.556. The molecular formula is C9H16O. The number of hydrogen-bond acceptors (Lipinski definition) is 1. The van der Waals surface area contributed by atoms with E-state index in [2.05, 4.69) is 13.5 Å².